The Labute approximate surface area is 188 Å². The standard InChI is InChI=1S/C25H29N7/c1-31(2)25-15-20(6-8-28-25)19-3-4-22-23(14-19)30-24(29-22)16-21-13-18(5-7-27-21)17-32-11-9-26-10-12-32/h3-8,13-15,26H,9-12,16-17H2,1-2H3,(H,29,30). The second-order valence-electron chi connectivity index (χ2n) is 8.57. The molecule has 4 heterocycles. The first-order valence-corrected chi connectivity index (χ1v) is 11.1. The van der Waals surface area contributed by atoms with Gasteiger partial charge in [0.15, 0.2) is 0 Å². The van der Waals surface area contributed by atoms with Crippen LogP contribution in [0.3, 0.4) is 0 Å². The van der Waals surface area contributed by atoms with Crippen LogP contribution in [0.4, 0.5) is 5.82 Å². The first-order chi connectivity index (χ1) is 15.6. The zero-order valence-corrected chi connectivity index (χ0v) is 18.7. The number of anilines is 1. The zero-order chi connectivity index (χ0) is 21.9. The van der Waals surface area contributed by atoms with E-state index in [-0.39, 0.29) is 0 Å². The number of aromatic nitrogens is 4. The van der Waals surface area contributed by atoms with Gasteiger partial charge >= 0.3 is 0 Å². The summed E-state index contributed by atoms with van der Waals surface area (Å²) < 4.78 is 0. The molecule has 0 amide bonds. The van der Waals surface area contributed by atoms with Crippen LogP contribution >= 0.6 is 0 Å². The normalized spacial score (nSPS) is 14.7. The van der Waals surface area contributed by atoms with Crippen LogP contribution in [0.5, 0.6) is 0 Å². The van der Waals surface area contributed by atoms with Gasteiger partial charge in [0.2, 0.25) is 0 Å². The van der Waals surface area contributed by atoms with Gasteiger partial charge < -0.3 is 15.2 Å². The molecule has 32 heavy (non-hydrogen) atoms. The number of H-pyrrole nitrogens is 1. The smallest absolute Gasteiger partial charge is 0.128 e. The van der Waals surface area contributed by atoms with Crippen molar-refractivity contribution in [1.29, 1.82) is 0 Å². The number of pyridine rings is 2. The summed E-state index contributed by atoms with van der Waals surface area (Å²) in [5.74, 6) is 1.88. The molecule has 5 rings (SSSR count). The second-order valence-corrected chi connectivity index (χ2v) is 8.57. The number of imidazole rings is 1. The van der Waals surface area contributed by atoms with Crippen LogP contribution in [0.25, 0.3) is 22.2 Å². The van der Waals surface area contributed by atoms with E-state index in [1.165, 1.54) is 5.56 Å². The molecule has 0 atom stereocenters. The maximum atomic E-state index is 4.80. The second kappa shape index (κ2) is 9.06. The molecule has 1 aliphatic rings. The van der Waals surface area contributed by atoms with E-state index < -0.39 is 0 Å². The summed E-state index contributed by atoms with van der Waals surface area (Å²) in [6, 6.07) is 14.8. The Hall–Kier alpha value is -3.29. The summed E-state index contributed by atoms with van der Waals surface area (Å²) in [7, 11) is 4.01. The van der Waals surface area contributed by atoms with E-state index in [0.29, 0.717) is 6.42 Å². The SMILES string of the molecule is CN(C)c1cc(-c2ccc3nc(Cc4cc(CN5CCNCC5)ccn4)[nH]c3c2)ccn1. The van der Waals surface area contributed by atoms with Gasteiger partial charge in [-0.1, -0.05) is 6.07 Å². The number of hydrogen-bond acceptors (Lipinski definition) is 6. The molecule has 0 bridgehead atoms. The minimum Gasteiger partial charge on any atom is -0.363 e. The van der Waals surface area contributed by atoms with Crippen molar-refractivity contribution in [2.75, 3.05) is 45.2 Å². The molecule has 1 fully saturated rings. The van der Waals surface area contributed by atoms with Crippen LogP contribution in [0, 0.1) is 0 Å². The molecule has 2 N–H and O–H groups in total. The van der Waals surface area contributed by atoms with Crippen molar-refractivity contribution >= 4 is 16.9 Å². The number of rotatable bonds is 6. The minimum atomic E-state index is 0.694. The number of nitrogens with one attached hydrogen (secondary N) is 2. The van der Waals surface area contributed by atoms with Gasteiger partial charge in [0.25, 0.3) is 0 Å². The summed E-state index contributed by atoms with van der Waals surface area (Å²) in [4.78, 5) is 21.8. The third kappa shape index (κ3) is 4.64. The Morgan fingerprint density at radius 3 is 2.59 bits per heavy atom. The van der Waals surface area contributed by atoms with E-state index in [9.17, 15) is 0 Å². The summed E-state index contributed by atoms with van der Waals surface area (Å²) >= 11 is 0. The molecule has 164 valence electrons. The fraction of sp³-hybridized carbons (Fsp3) is 0.320. The summed E-state index contributed by atoms with van der Waals surface area (Å²) in [5, 5.41) is 3.41. The van der Waals surface area contributed by atoms with E-state index >= 15 is 0 Å². The topological polar surface area (TPSA) is 73.0 Å². The molecule has 1 saturated heterocycles. The fourth-order valence-corrected chi connectivity index (χ4v) is 4.19. The Morgan fingerprint density at radius 2 is 1.75 bits per heavy atom. The maximum absolute atomic E-state index is 4.80. The molecule has 3 aromatic heterocycles. The molecule has 0 radical (unpaired) electrons. The lowest BCUT2D eigenvalue weighted by Crippen LogP contribution is -2.42. The monoisotopic (exact) mass is 427 g/mol. The lowest BCUT2D eigenvalue weighted by atomic mass is 10.1. The van der Waals surface area contributed by atoms with Gasteiger partial charge in [0.05, 0.1) is 11.0 Å². The van der Waals surface area contributed by atoms with Crippen molar-refractivity contribution < 1.29 is 0 Å². The number of hydrogen-bond donors (Lipinski definition) is 2. The largest absolute Gasteiger partial charge is 0.363 e. The molecule has 7 nitrogen and oxygen atoms in total. The van der Waals surface area contributed by atoms with Crippen molar-refractivity contribution in [3.63, 3.8) is 0 Å². The van der Waals surface area contributed by atoms with Gasteiger partial charge in [0.1, 0.15) is 11.6 Å². The van der Waals surface area contributed by atoms with Crippen LogP contribution in [0.2, 0.25) is 0 Å². The predicted molar refractivity (Wildman–Crippen MR) is 129 cm³/mol. The molecule has 7 heteroatoms. The molecular formula is C25H29N7. The number of nitrogens with zero attached hydrogens (tertiary/aromatic N) is 5. The molecule has 0 unspecified atom stereocenters. The molecule has 0 saturated carbocycles. The van der Waals surface area contributed by atoms with Crippen LogP contribution in [-0.2, 0) is 13.0 Å². The first-order valence-electron chi connectivity index (χ1n) is 11.1. The first kappa shape index (κ1) is 20.6. The highest BCUT2D eigenvalue weighted by molar-refractivity contribution is 5.82. The van der Waals surface area contributed by atoms with Crippen molar-refractivity contribution in [3.05, 3.63) is 71.9 Å². The molecule has 1 aliphatic heterocycles. The Balaban J connectivity index is 1.34. The van der Waals surface area contributed by atoms with Crippen molar-refractivity contribution in [2.24, 2.45) is 0 Å². The van der Waals surface area contributed by atoms with E-state index in [0.717, 1.165) is 72.2 Å². The average molecular weight is 428 g/mol. The minimum absolute atomic E-state index is 0.694. The molecule has 0 aliphatic carbocycles. The number of benzene rings is 1. The Kier molecular flexibility index (Phi) is 5.83. The molecule has 0 spiro atoms. The third-order valence-corrected chi connectivity index (χ3v) is 5.91. The number of aromatic amines is 1. The maximum Gasteiger partial charge on any atom is 0.128 e. The van der Waals surface area contributed by atoms with Crippen LogP contribution < -0.4 is 10.2 Å². The lowest BCUT2D eigenvalue weighted by molar-refractivity contribution is 0.233. The van der Waals surface area contributed by atoms with Gasteiger partial charge in [0, 0.05) is 71.3 Å². The van der Waals surface area contributed by atoms with Crippen LogP contribution in [0.15, 0.2) is 54.9 Å². The van der Waals surface area contributed by atoms with E-state index in [1.807, 2.05) is 37.5 Å². The highest BCUT2D eigenvalue weighted by Gasteiger charge is 2.12. The van der Waals surface area contributed by atoms with Crippen LogP contribution in [-0.4, -0.2) is 65.1 Å². The van der Waals surface area contributed by atoms with Crippen LogP contribution in [0.1, 0.15) is 17.1 Å². The molecular weight excluding hydrogens is 398 g/mol. The van der Waals surface area contributed by atoms with E-state index in [1.54, 1.807) is 0 Å². The van der Waals surface area contributed by atoms with Gasteiger partial charge in [-0.2, -0.15) is 0 Å². The predicted octanol–water partition coefficient (Wildman–Crippen LogP) is 3.08. The lowest BCUT2D eigenvalue weighted by Gasteiger charge is -2.27. The number of fused-ring (bicyclic) bond motifs is 1. The number of piperazine rings is 1. The van der Waals surface area contributed by atoms with Crippen molar-refractivity contribution in [2.45, 2.75) is 13.0 Å². The Bertz CT molecular complexity index is 1210. The van der Waals surface area contributed by atoms with Crippen molar-refractivity contribution in [1.82, 2.24) is 30.2 Å². The quantitative estimate of drug-likeness (QED) is 0.493. The van der Waals surface area contributed by atoms with E-state index in [4.69, 9.17) is 4.98 Å². The molecule has 1 aromatic carbocycles. The van der Waals surface area contributed by atoms with Crippen molar-refractivity contribution in [3.8, 4) is 11.1 Å². The van der Waals surface area contributed by atoms with Gasteiger partial charge in [-0.25, -0.2) is 9.97 Å². The highest BCUT2D eigenvalue weighted by atomic mass is 15.2. The van der Waals surface area contributed by atoms with Gasteiger partial charge in [-0.05, 0) is 53.1 Å². The summed E-state index contributed by atoms with van der Waals surface area (Å²) in [5.41, 5.74) is 6.66. The molecule has 4 aromatic rings. The fourth-order valence-electron chi connectivity index (χ4n) is 4.19. The average Bonchev–Trinajstić information content (AvgIpc) is 3.21. The Morgan fingerprint density at radius 1 is 0.938 bits per heavy atom. The zero-order valence-electron chi connectivity index (χ0n) is 18.7. The van der Waals surface area contributed by atoms with E-state index in [2.05, 4.69) is 61.6 Å². The van der Waals surface area contributed by atoms with Gasteiger partial charge in [-0.15, -0.1) is 0 Å². The summed E-state index contributed by atoms with van der Waals surface area (Å²) in [6.45, 7) is 5.29. The highest BCUT2D eigenvalue weighted by Crippen LogP contribution is 2.25. The summed E-state index contributed by atoms with van der Waals surface area (Å²) in [6.07, 6.45) is 4.46. The van der Waals surface area contributed by atoms with Gasteiger partial charge in [-0.3, -0.25) is 9.88 Å². The third-order valence-electron chi connectivity index (χ3n) is 5.91.